The van der Waals surface area contributed by atoms with Crippen LogP contribution in [0.25, 0.3) is 0 Å². The van der Waals surface area contributed by atoms with Gasteiger partial charge in [0.15, 0.2) is 0 Å². The van der Waals surface area contributed by atoms with Crippen LogP contribution in [0.3, 0.4) is 0 Å². The molecule has 1 fully saturated rings. The predicted octanol–water partition coefficient (Wildman–Crippen LogP) is 2.45. The predicted molar refractivity (Wildman–Crippen MR) is 52.0 cm³/mol. The highest BCUT2D eigenvalue weighted by Gasteiger charge is 2.40. The van der Waals surface area contributed by atoms with Gasteiger partial charge in [0.25, 0.3) is 0 Å². The molecule has 4 heteroatoms. The summed E-state index contributed by atoms with van der Waals surface area (Å²) < 4.78 is 0.818. The van der Waals surface area contributed by atoms with Crippen LogP contribution in [0.2, 0.25) is 5.15 Å². The van der Waals surface area contributed by atoms with Crippen LogP contribution in [0.1, 0.15) is 18.4 Å². The SMILES string of the molecule is NC1(c2cnc(Cl)c(Br)c2)CC1. The Morgan fingerprint density at radius 3 is 2.75 bits per heavy atom. The maximum atomic E-state index is 5.98. The van der Waals surface area contributed by atoms with Crippen molar-refractivity contribution in [1.29, 1.82) is 0 Å². The van der Waals surface area contributed by atoms with Gasteiger partial charge >= 0.3 is 0 Å². The van der Waals surface area contributed by atoms with Gasteiger partial charge in [-0.05, 0) is 40.4 Å². The van der Waals surface area contributed by atoms with Crippen LogP contribution in [-0.2, 0) is 5.54 Å². The molecule has 0 aromatic carbocycles. The molecule has 1 aliphatic rings. The normalized spacial score (nSPS) is 19.2. The number of hydrogen-bond acceptors (Lipinski definition) is 2. The standard InChI is InChI=1S/C8H8BrClN2/c9-6-3-5(4-12-7(6)10)8(11)1-2-8/h3-4H,1-2,11H2. The number of halogens is 2. The van der Waals surface area contributed by atoms with Crippen molar-refractivity contribution in [3.8, 4) is 0 Å². The molecule has 1 aliphatic carbocycles. The maximum absolute atomic E-state index is 5.98. The first-order valence-electron chi connectivity index (χ1n) is 3.72. The van der Waals surface area contributed by atoms with Gasteiger partial charge in [-0.25, -0.2) is 4.98 Å². The molecule has 1 aromatic heterocycles. The quantitative estimate of drug-likeness (QED) is 0.774. The highest BCUT2D eigenvalue weighted by atomic mass is 79.9. The first-order chi connectivity index (χ1) is 5.62. The molecule has 0 spiro atoms. The smallest absolute Gasteiger partial charge is 0.143 e. The minimum absolute atomic E-state index is 0.125. The number of hydrogen-bond donors (Lipinski definition) is 1. The fourth-order valence-corrected chi connectivity index (χ4v) is 1.57. The lowest BCUT2D eigenvalue weighted by atomic mass is 10.1. The lowest BCUT2D eigenvalue weighted by molar-refractivity contribution is 0.734. The number of aromatic nitrogens is 1. The summed E-state index contributed by atoms with van der Waals surface area (Å²) >= 11 is 9.07. The van der Waals surface area contributed by atoms with Gasteiger partial charge in [0.05, 0.1) is 4.47 Å². The Labute approximate surface area is 84.3 Å². The molecule has 0 amide bonds. The molecule has 0 radical (unpaired) electrons. The zero-order chi connectivity index (χ0) is 8.77. The van der Waals surface area contributed by atoms with E-state index in [2.05, 4.69) is 20.9 Å². The second-order valence-corrected chi connectivity index (χ2v) is 4.37. The minimum Gasteiger partial charge on any atom is -0.321 e. The van der Waals surface area contributed by atoms with Gasteiger partial charge in [0.2, 0.25) is 0 Å². The Hall–Kier alpha value is -0.120. The molecule has 0 unspecified atom stereocenters. The fraction of sp³-hybridized carbons (Fsp3) is 0.375. The van der Waals surface area contributed by atoms with E-state index in [0.717, 1.165) is 22.9 Å². The molecule has 2 N–H and O–H groups in total. The van der Waals surface area contributed by atoms with Crippen LogP contribution >= 0.6 is 27.5 Å². The van der Waals surface area contributed by atoms with Crippen LogP contribution in [0, 0.1) is 0 Å². The van der Waals surface area contributed by atoms with E-state index in [1.807, 2.05) is 6.07 Å². The Morgan fingerprint density at radius 1 is 1.58 bits per heavy atom. The van der Waals surface area contributed by atoms with Gasteiger partial charge in [-0.1, -0.05) is 11.6 Å². The molecule has 1 aromatic rings. The van der Waals surface area contributed by atoms with Gasteiger partial charge in [-0.3, -0.25) is 0 Å². The topological polar surface area (TPSA) is 38.9 Å². The van der Waals surface area contributed by atoms with Crippen LogP contribution in [-0.4, -0.2) is 4.98 Å². The van der Waals surface area contributed by atoms with Crippen LogP contribution in [0.4, 0.5) is 0 Å². The third-order valence-electron chi connectivity index (χ3n) is 2.16. The van der Waals surface area contributed by atoms with Crippen molar-refractivity contribution in [3.63, 3.8) is 0 Å². The molecule has 2 rings (SSSR count). The van der Waals surface area contributed by atoms with E-state index in [0.29, 0.717) is 5.15 Å². The average molecular weight is 248 g/mol. The highest BCUT2D eigenvalue weighted by Crippen LogP contribution is 2.43. The lowest BCUT2D eigenvalue weighted by Gasteiger charge is -2.08. The molecule has 1 saturated carbocycles. The summed E-state index contributed by atoms with van der Waals surface area (Å²) in [6, 6.07) is 1.95. The van der Waals surface area contributed by atoms with Gasteiger partial charge in [-0.15, -0.1) is 0 Å². The van der Waals surface area contributed by atoms with E-state index in [1.165, 1.54) is 0 Å². The summed E-state index contributed by atoms with van der Waals surface area (Å²) in [5.74, 6) is 0. The molecule has 0 bridgehead atoms. The highest BCUT2D eigenvalue weighted by molar-refractivity contribution is 9.10. The van der Waals surface area contributed by atoms with Crippen LogP contribution in [0.5, 0.6) is 0 Å². The number of pyridine rings is 1. The first-order valence-corrected chi connectivity index (χ1v) is 4.89. The van der Waals surface area contributed by atoms with Crippen molar-refractivity contribution in [2.75, 3.05) is 0 Å². The monoisotopic (exact) mass is 246 g/mol. The van der Waals surface area contributed by atoms with Crippen molar-refractivity contribution in [2.45, 2.75) is 18.4 Å². The Balaban J connectivity index is 2.41. The van der Waals surface area contributed by atoms with Gasteiger partial charge < -0.3 is 5.73 Å². The molecule has 1 heterocycles. The largest absolute Gasteiger partial charge is 0.321 e. The lowest BCUT2D eigenvalue weighted by Crippen LogP contribution is -2.18. The Bertz CT molecular complexity index is 323. The molecular formula is C8H8BrClN2. The zero-order valence-corrected chi connectivity index (χ0v) is 8.69. The van der Waals surface area contributed by atoms with E-state index in [9.17, 15) is 0 Å². The van der Waals surface area contributed by atoms with Gasteiger partial charge in [0, 0.05) is 11.7 Å². The van der Waals surface area contributed by atoms with Crippen molar-refractivity contribution >= 4 is 27.5 Å². The minimum atomic E-state index is -0.125. The second kappa shape index (κ2) is 2.69. The average Bonchev–Trinajstić information content (AvgIpc) is 2.75. The number of nitrogens with two attached hydrogens (primary N) is 1. The summed E-state index contributed by atoms with van der Waals surface area (Å²) in [5, 5.41) is 0.489. The molecule has 0 aliphatic heterocycles. The van der Waals surface area contributed by atoms with Crippen LogP contribution < -0.4 is 5.73 Å². The van der Waals surface area contributed by atoms with Crippen LogP contribution in [0.15, 0.2) is 16.7 Å². The summed E-state index contributed by atoms with van der Waals surface area (Å²) in [5.41, 5.74) is 6.93. The first kappa shape index (κ1) is 8.48. The maximum Gasteiger partial charge on any atom is 0.143 e. The van der Waals surface area contributed by atoms with Crippen molar-refractivity contribution in [2.24, 2.45) is 5.73 Å². The second-order valence-electron chi connectivity index (χ2n) is 3.15. The van der Waals surface area contributed by atoms with E-state index in [-0.39, 0.29) is 5.54 Å². The summed E-state index contributed by atoms with van der Waals surface area (Å²) in [7, 11) is 0. The Kier molecular flexibility index (Phi) is 1.90. The van der Waals surface area contributed by atoms with E-state index in [1.54, 1.807) is 6.20 Å². The summed E-state index contributed by atoms with van der Waals surface area (Å²) in [4.78, 5) is 4.02. The van der Waals surface area contributed by atoms with E-state index >= 15 is 0 Å². The third-order valence-corrected chi connectivity index (χ3v) is 3.29. The molecule has 2 nitrogen and oxygen atoms in total. The number of rotatable bonds is 1. The molecule has 0 atom stereocenters. The molecule has 12 heavy (non-hydrogen) atoms. The molecular weight excluding hydrogens is 239 g/mol. The van der Waals surface area contributed by atoms with Crippen molar-refractivity contribution < 1.29 is 0 Å². The van der Waals surface area contributed by atoms with E-state index in [4.69, 9.17) is 17.3 Å². The third kappa shape index (κ3) is 1.37. The van der Waals surface area contributed by atoms with Crippen molar-refractivity contribution in [1.82, 2.24) is 4.98 Å². The van der Waals surface area contributed by atoms with Gasteiger partial charge in [0.1, 0.15) is 5.15 Å². The van der Waals surface area contributed by atoms with E-state index < -0.39 is 0 Å². The summed E-state index contributed by atoms with van der Waals surface area (Å²) in [6.07, 6.45) is 3.84. The summed E-state index contributed by atoms with van der Waals surface area (Å²) in [6.45, 7) is 0. The van der Waals surface area contributed by atoms with Crippen molar-refractivity contribution in [3.05, 3.63) is 27.5 Å². The van der Waals surface area contributed by atoms with Gasteiger partial charge in [-0.2, -0.15) is 0 Å². The molecule has 0 saturated heterocycles. The Morgan fingerprint density at radius 2 is 2.25 bits per heavy atom. The zero-order valence-electron chi connectivity index (χ0n) is 6.35. The fourth-order valence-electron chi connectivity index (χ4n) is 1.12. The molecule has 64 valence electrons. The number of nitrogens with zero attached hydrogens (tertiary/aromatic N) is 1.